The van der Waals surface area contributed by atoms with Crippen molar-refractivity contribution in [1.29, 1.82) is 0 Å². The van der Waals surface area contributed by atoms with Crippen molar-refractivity contribution in [2.24, 2.45) is 0 Å². The molecule has 0 saturated carbocycles. The van der Waals surface area contributed by atoms with Gasteiger partial charge < -0.3 is 15.8 Å². The first-order valence-corrected chi connectivity index (χ1v) is 7.93. The Morgan fingerprint density at radius 1 is 1.33 bits per heavy atom. The Hall–Kier alpha value is -1.47. The lowest BCUT2D eigenvalue weighted by atomic mass is 10.1. The minimum absolute atomic E-state index is 0.383. The number of hydrogen-bond donors (Lipinski definition) is 2. The van der Waals surface area contributed by atoms with E-state index in [1.54, 1.807) is 6.20 Å². The van der Waals surface area contributed by atoms with Gasteiger partial charge in [-0.1, -0.05) is 6.92 Å². The molecule has 3 heterocycles. The number of ether oxygens (including phenoxy) is 1. The number of rotatable bonds is 3. The SMILES string of the molecule is CCc1nc2c(N)ncc(Br)c2nc1NC1CCOCC1. The van der Waals surface area contributed by atoms with Crippen molar-refractivity contribution in [3.8, 4) is 0 Å². The molecule has 0 radical (unpaired) electrons. The summed E-state index contributed by atoms with van der Waals surface area (Å²) < 4.78 is 6.19. The fourth-order valence-electron chi connectivity index (χ4n) is 2.46. The second kappa shape index (κ2) is 6.11. The Bertz CT molecular complexity index is 657. The normalized spacial score (nSPS) is 16.3. The second-order valence-electron chi connectivity index (χ2n) is 5.09. The van der Waals surface area contributed by atoms with Gasteiger partial charge in [0.05, 0.1) is 10.2 Å². The molecule has 1 fully saturated rings. The van der Waals surface area contributed by atoms with Gasteiger partial charge in [-0.2, -0.15) is 0 Å². The third-order valence-corrected chi connectivity index (χ3v) is 4.23. The van der Waals surface area contributed by atoms with Crippen molar-refractivity contribution in [1.82, 2.24) is 15.0 Å². The summed E-state index contributed by atoms with van der Waals surface area (Å²) in [6.07, 6.45) is 4.43. The van der Waals surface area contributed by atoms with E-state index >= 15 is 0 Å². The van der Waals surface area contributed by atoms with E-state index in [4.69, 9.17) is 15.5 Å². The van der Waals surface area contributed by atoms with E-state index in [0.29, 0.717) is 17.4 Å². The van der Waals surface area contributed by atoms with Gasteiger partial charge in [-0.3, -0.25) is 0 Å². The van der Waals surface area contributed by atoms with Gasteiger partial charge in [-0.05, 0) is 35.2 Å². The van der Waals surface area contributed by atoms with Crippen molar-refractivity contribution in [3.05, 3.63) is 16.4 Å². The highest BCUT2D eigenvalue weighted by Crippen LogP contribution is 2.27. The first-order chi connectivity index (χ1) is 10.2. The highest BCUT2D eigenvalue weighted by atomic mass is 79.9. The Labute approximate surface area is 131 Å². The van der Waals surface area contributed by atoms with Gasteiger partial charge in [0.15, 0.2) is 5.82 Å². The Morgan fingerprint density at radius 2 is 2.10 bits per heavy atom. The Morgan fingerprint density at radius 3 is 2.81 bits per heavy atom. The van der Waals surface area contributed by atoms with Crippen LogP contribution in [-0.2, 0) is 11.2 Å². The number of fused-ring (bicyclic) bond motifs is 1. The number of pyridine rings is 1. The predicted molar refractivity (Wildman–Crippen MR) is 86.3 cm³/mol. The van der Waals surface area contributed by atoms with Crippen LogP contribution in [0.2, 0.25) is 0 Å². The van der Waals surface area contributed by atoms with E-state index in [0.717, 1.165) is 54.0 Å². The largest absolute Gasteiger partial charge is 0.382 e. The van der Waals surface area contributed by atoms with Crippen LogP contribution in [0.3, 0.4) is 0 Å². The summed E-state index contributed by atoms with van der Waals surface area (Å²) in [5.74, 6) is 1.25. The zero-order chi connectivity index (χ0) is 14.8. The minimum Gasteiger partial charge on any atom is -0.382 e. The zero-order valence-corrected chi connectivity index (χ0v) is 13.5. The van der Waals surface area contributed by atoms with Gasteiger partial charge in [0.2, 0.25) is 0 Å². The van der Waals surface area contributed by atoms with E-state index < -0.39 is 0 Å². The maximum atomic E-state index is 5.91. The van der Waals surface area contributed by atoms with E-state index in [2.05, 4.69) is 38.1 Å². The topological polar surface area (TPSA) is 86.0 Å². The molecule has 0 aromatic carbocycles. The minimum atomic E-state index is 0.383. The summed E-state index contributed by atoms with van der Waals surface area (Å²) >= 11 is 3.47. The maximum absolute atomic E-state index is 5.91. The van der Waals surface area contributed by atoms with E-state index in [-0.39, 0.29) is 0 Å². The molecule has 6 nitrogen and oxygen atoms in total. The quantitative estimate of drug-likeness (QED) is 0.883. The molecule has 1 aliphatic rings. The lowest BCUT2D eigenvalue weighted by molar-refractivity contribution is 0.0903. The van der Waals surface area contributed by atoms with Gasteiger partial charge in [0, 0.05) is 25.5 Å². The highest BCUT2D eigenvalue weighted by Gasteiger charge is 2.18. The van der Waals surface area contributed by atoms with E-state index in [1.165, 1.54) is 0 Å². The molecular formula is C14H18BrN5O. The van der Waals surface area contributed by atoms with Crippen LogP contribution in [0.25, 0.3) is 11.0 Å². The van der Waals surface area contributed by atoms with Gasteiger partial charge in [-0.15, -0.1) is 0 Å². The lowest BCUT2D eigenvalue weighted by Gasteiger charge is -2.24. The first kappa shape index (κ1) is 14.5. The summed E-state index contributed by atoms with van der Waals surface area (Å²) in [4.78, 5) is 13.5. The number of halogens is 1. The number of nitrogen functional groups attached to an aromatic ring is 1. The Kier molecular flexibility index (Phi) is 4.21. The molecular weight excluding hydrogens is 334 g/mol. The molecule has 1 aliphatic heterocycles. The highest BCUT2D eigenvalue weighted by molar-refractivity contribution is 9.10. The van der Waals surface area contributed by atoms with Crippen LogP contribution >= 0.6 is 15.9 Å². The summed E-state index contributed by atoms with van der Waals surface area (Å²) in [5.41, 5.74) is 8.23. The second-order valence-corrected chi connectivity index (χ2v) is 5.95. The predicted octanol–water partition coefficient (Wildman–Crippen LogP) is 2.52. The van der Waals surface area contributed by atoms with Crippen LogP contribution in [0.1, 0.15) is 25.5 Å². The van der Waals surface area contributed by atoms with E-state index in [9.17, 15) is 0 Å². The first-order valence-electron chi connectivity index (χ1n) is 7.14. The fraction of sp³-hybridized carbons (Fsp3) is 0.500. The van der Waals surface area contributed by atoms with Crippen molar-refractivity contribution in [2.75, 3.05) is 24.3 Å². The zero-order valence-electron chi connectivity index (χ0n) is 11.9. The molecule has 21 heavy (non-hydrogen) atoms. The van der Waals surface area contributed by atoms with Crippen LogP contribution in [0.5, 0.6) is 0 Å². The van der Waals surface area contributed by atoms with E-state index in [1.807, 2.05) is 0 Å². The Balaban J connectivity index is 2.02. The van der Waals surface area contributed by atoms with Crippen molar-refractivity contribution in [3.63, 3.8) is 0 Å². The molecule has 3 N–H and O–H groups in total. The van der Waals surface area contributed by atoms with Crippen LogP contribution in [-0.4, -0.2) is 34.2 Å². The van der Waals surface area contributed by atoms with Gasteiger partial charge in [0.25, 0.3) is 0 Å². The molecule has 0 aliphatic carbocycles. The molecule has 0 unspecified atom stereocenters. The van der Waals surface area contributed by atoms with Crippen LogP contribution in [0.15, 0.2) is 10.7 Å². The molecule has 2 aromatic rings. The van der Waals surface area contributed by atoms with Crippen LogP contribution in [0, 0.1) is 0 Å². The maximum Gasteiger partial charge on any atom is 0.151 e. The summed E-state index contributed by atoms with van der Waals surface area (Å²) in [7, 11) is 0. The molecule has 2 aromatic heterocycles. The number of hydrogen-bond acceptors (Lipinski definition) is 6. The lowest BCUT2D eigenvalue weighted by Crippen LogP contribution is -2.29. The fourth-order valence-corrected chi connectivity index (χ4v) is 2.84. The summed E-state index contributed by atoms with van der Waals surface area (Å²) in [6.45, 7) is 3.65. The summed E-state index contributed by atoms with van der Waals surface area (Å²) in [5, 5.41) is 3.50. The smallest absolute Gasteiger partial charge is 0.151 e. The van der Waals surface area contributed by atoms with Gasteiger partial charge in [-0.25, -0.2) is 15.0 Å². The molecule has 0 amide bonds. The standard InChI is InChI=1S/C14H18BrN5O/c1-2-10-14(18-8-3-5-21-6-4-8)20-11-9(15)7-17-13(16)12(11)19-10/h7-8H,2-6H2,1H3,(H2,16,17)(H,18,20). The van der Waals surface area contributed by atoms with Crippen LogP contribution in [0.4, 0.5) is 11.6 Å². The van der Waals surface area contributed by atoms with Crippen molar-refractivity contribution >= 4 is 38.6 Å². The molecule has 0 atom stereocenters. The van der Waals surface area contributed by atoms with Gasteiger partial charge in [0.1, 0.15) is 16.9 Å². The number of nitrogens with zero attached hydrogens (tertiary/aromatic N) is 3. The van der Waals surface area contributed by atoms with Crippen molar-refractivity contribution in [2.45, 2.75) is 32.2 Å². The number of aryl methyl sites for hydroxylation is 1. The third kappa shape index (κ3) is 2.94. The number of aromatic nitrogens is 3. The van der Waals surface area contributed by atoms with Crippen LogP contribution < -0.4 is 11.1 Å². The third-order valence-electron chi connectivity index (χ3n) is 3.65. The van der Waals surface area contributed by atoms with Crippen molar-refractivity contribution < 1.29 is 4.74 Å². The molecule has 7 heteroatoms. The number of nitrogens with two attached hydrogens (primary N) is 1. The molecule has 0 bridgehead atoms. The molecule has 3 rings (SSSR count). The molecule has 0 spiro atoms. The van der Waals surface area contributed by atoms with Gasteiger partial charge >= 0.3 is 0 Å². The number of nitrogens with one attached hydrogen (secondary N) is 1. The average Bonchev–Trinajstić information content (AvgIpc) is 2.52. The number of anilines is 2. The monoisotopic (exact) mass is 351 g/mol. The molecule has 1 saturated heterocycles. The molecule has 112 valence electrons. The summed E-state index contributed by atoms with van der Waals surface area (Å²) in [6, 6.07) is 0.383. The average molecular weight is 352 g/mol.